The molecule has 2 aromatic carbocycles. The predicted molar refractivity (Wildman–Crippen MR) is 120 cm³/mol. The molecule has 10 heteroatoms. The fraction of sp³-hybridized carbons (Fsp3) is 0.261. The van der Waals surface area contributed by atoms with Crippen molar-refractivity contribution in [2.24, 2.45) is 0 Å². The maximum absolute atomic E-state index is 12.9. The Morgan fingerprint density at radius 2 is 1.64 bits per heavy atom. The number of rotatable bonds is 9. The van der Waals surface area contributed by atoms with Gasteiger partial charge in [0.25, 0.3) is 17.4 Å². The van der Waals surface area contributed by atoms with Gasteiger partial charge in [0.2, 0.25) is 0 Å². The molecule has 0 aromatic heterocycles. The summed E-state index contributed by atoms with van der Waals surface area (Å²) in [5.74, 6) is -2.98. The number of Topliss-reactive ketones (excluding diaryl/α,β-unsaturated/α-hetero) is 1. The fourth-order valence-electron chi connectivity index (χ4n) is 3.73. The Balaban J connectivity index is 1.97. The van der Waals surface area contributed by atoms with Gasteiger partial charge in [0.1, 0.15) is 5.76 Å². The predicted octanol–water partition coefficient (Wildman–Crippen LogP) is 4.31. The van der Waals surface area contributed by atoms with E-state index in [9.17, 15) is 29.6 Å². The molecule has 0 unspecified atom stereocenters. The summed E-state index contributed by atoms with van der Waals surface area (Å²) in [5.41, 5.74) is 0.427. The quantitative estimate of drug-likeness (QED) is 0.138. The van der Waals surface area contributed by atoms with Gasteiger partial charge in [-0.05, 0) is 42.7 Å². The minimum atomic E-state index is -0.903. The Morgan fingerprint density at radius 3 is 2.21 bits per heavy atom. The molecule has 1 amide bonds. The van der Waals surface area contributed by atoms with Gasteiger partial charge in [-0.1, -0.05) is 30.2 Å². The van der Waals surface area contributed by atoms with Crippen molar-refractivity contribution < 1.29 is 29.5 Å². The first-order valence-electron chi connectivity index (χ1n) is 10.2. The second-order valence-electron chi connectivity index (χ2n) is 7.55. The Labute approximate surface area is 194 Å². The molecular weight excluding hydrogens is 452 g/mol. The number of aliphatic hydroxyl groups is 1. The molecule has 172 valence electrons. The van der Waals surface area contributed by atoms with E-state index < -0.39 is 34.4 Å². The number of nitro groups is 1. The lowest BCUT2D eigenvalue weighted by Crippen LogP contribution is -2.30. The highest BCUT2D eigenvalue weighted by Gasteiger charge is 2.45. The summed E-state index contributed by atoms with van der Waals surface area (Å²) >= 11 is 5.98. The van der Waals surface area contributed by atoms with E-state index in [0.29, 0.717) is 29.8 Å². The van der Waals surface area contributed by atoms with E-state index in [-0.39, 0.29) is 29.8 Å². The summed E-state index contributed by atoms with van der Waals surface area (Å²) in [6.07, 6.45) is 1.47. The van der Waals surface area contributed by atoms with Crippen LogP contribution < -0.4 is 0 Å². The molecule has 2 N–H and O–H groups in total. The minimum Gasteiger partial charge on any atom is -0.507 e. The maximum atomic E-state index is 12.9. The Kier molecular flexibility index (Phi) is 7.44. The number of benzene rings is 2. The smallest absolute Gasteiger partial charge is 0.303 e. The first-order chi connectivity index (χ1) is 15.7. The SMILES string of the molecule is O=C(O)CCCCCN1C(=O)C(=O)C(=C(O)c2ccc([N+](=O)[O-])cc2)[C@H]1c1ccc(Cl)cc1. The molecule has 1 saturated heterocycles. The number of carbonyl (C=O) groups excluding carboxylic acids is 2. The monoisotopic (exact) mass is 472 g/mol. The molecule has 3 rings (SSSR count). The highest BCUT2D eigenvalue weighted by molar-refractivity contribution is 6.46. The van der Waals surface area contributed by atoms with Crippen molar-refractivity contribution in [1.29, 1.82) is 0 Å². The van der Waals surface area contributed by atoms with E-state index in [1.165, 1.54) is 29.2 Å². The Hall–Kier alpha value is -3.72. The fourth-order valence-corrected chi connectivity index (χ4v) is 3.86. The molecule has 0 saturated carbocycles. The van der Waals surface area contributed by atoms with E-state index >= 15 is 0 Å². The number of halogens is 1. The van der Waals surface area contributed by atoms with Crippen LogP contribution in [0.3, 0.4) is 0 Å². The third-order valence-corrected chi connectivity index (χ3v) is 5.62. The van der Waals surface area contributed by atoms with Gasteiger partial charge in [-0.25, -0.2) is 0 Å². The molecular formula is C23H21ClN2O7. The topological polar surface area (TPSA) is 138 Å². The molecule has 0 radical (unpaired) electrons. The Bertz CT molecular complexity index is 1110. The van der Waals surface area contributed by atoms with E-state index in [0.717, 1.165) is 0 Å². The number of amides is 1. The summed E-state index contributed by atoms with van der Waals surface area (Å²) in [4.78, 5) is 48.1. The molecule has 33 heavy (non-hydrogen) atoms. The largest absolute Gasteiger partial charge is 0.507 e. The van der Waals surface area contributed by atoms with Crippen LogP contribution in [0, 0.1) is 10.1 Å². The van der Waals surface area contributed by atoms with Crippen LogP contribution in [0.25, 0.3) is 5.76 Å². The zero-order chi connectivity index (χ0) is 24.1. The highest BCUT2D eigenvalue weighted by atomic mass is 35.5. The van der Waals surface area contributed by atoms with Crippen LogP contribution in [-0.4, -0.2) is 44.2 Å². The zero-order valence-corrected chi connectivity index (χ0v) is 18.2. The van der Waals surface area contributed by atoms with Crippen molar-refractivity contribution in [3.8, 4) is 0 Å². The standard InChI is InChI=1S/C23H21ClN2O7/c24-16-9-5-14(6-10-16)20-19(21(29)15-7-11-17(12-8-15)26(32)33)22(30)23(31)25(20)13-3-1-2-4-18(27)28/h5-12,20,29H,1-4,13H2,(H,27,28)/t20-/m1/s1. The van der Waals surface area contributed by atoms with Crippen LogP contribution in [0.15, 0.2) is 54.1 Å². The average Bonchev–Trinajstić information content (AvgIpc) is 3.03. The number of non-ortho nitro benzene ring substituents is 1. The van der Waals surface area contributed by atoms with Crippen LogP contribution in [0.5, 0.6) is 0 Å². The molecule has 1 heterocycles. The molecule has 0 aliphatic carbocycles. The van der Waals surface area contributed by atoms with Crippen LogP contribution in [-0.2, 0) is 14.4 Å². The second kappa shape index (κ2) is 10.3. The number of nitro benzene ring substituents is 1. The first-order valence-corrected chi connectivity index (χ1v) is 10.6. The lowest BCUT2D eigenvalue weighted by atomic mass is 9.95. The van der Waals surface area contributed by atoms with E-state index in [1.54, 1.807) is 24.3 Å². The normalized spacial score (nSPS) is 17.4. The maximum Gasteiger partial charge on any atom is 0.303 e. The average molecular weight is 473 g/mol. The number of hydrogen-bond acceptors (Lipinski definition) is 6. The van der Waals surface area contributed by atoms with Gasteiger partial charge in [0.05, 0.1) is 16.5 Å². The molecule has 2 aromatic rings. The second-order valence-corrected chi connectivity index (χ2v) is 7.99. The number of aliphatic carboxylic acids is 1. The van der Waals surface area contributed by atoms with Crippen molar-refractivity contribution in [2.75, 3.05) is 6.54 Å². The van der Waals surface area contributed by atoms with Crippen LogP contribution in [0.2, 0.25) is 5.02 Å². The molecule has 0 spiro atoms. The number of carboxylic acid groups (broad SMARTS) is 1. The minimum absolute atomic E-state index is 0.0135. The van der Waals surface area contributed by atoms with Crippen LogP contribution in [0.1, 0.15) is 42.9 Å². The number of ketones is 1. The third-order valence-electron chi connectivity index (χ3n) is 5.37. The van der Waals surface area contributed by atoms with Crippen molar-refractivity contribution >= 4 is 40.7 Å². The number of aliphatic hydroxyl groups excluding tert-OH is 1. The summed E-state index contributed by atoms with van der Waals surface area (Å²) in [7, 11) is 0. The van der Waals surface area contributed by atoms with Crippen molar-refractivity contribution in [1.82, 2.24) is 4.90 Å². The van der Waals surface area contributed by atoms with E-state index in [1.807, 2.05) is 0 Å². The summed E-state index contributed by atoms with van der Waals surface area (Å²) in [5, 5.41) is 31.1. The van der Waals surface area contributed by atoms with Gasteiger partial charge in [0.15, 0.2) is 0 Å². The van der Waals surface area contributed by atoms with Gasteiger partial charge in [-0.3, -0.25) is 24.5 Å². The highest BCUT2D eigenvalue weighted by Crippen LogP contribution is 2.40. The van der Waals surface area contributed by atoms with Gasteiger partial charge >= 0.3 is 5.97 Å². The summed E-state index contributed by atoms with van der Waals surface area (Å²) < 4.78 is 0. The number of unbranched alkanes of at least 4 members (excludes halogenated alkanes) is 2. The van der Waals surface area contributed by atoms with Crippen molar-refractivity contribution in [3.05, 3.63) is 80.4 Å². The molecule has 1 atom stereocenters. The number of carbonyl (C=O) groups is 3. The third kappa shape index (κ3) is 5.38. The zero-order valence-electron chi connectivity index (χ0n) is 17.4. The molecule has 9 nitrogen and oxygen atoms in total. The van der Waals surface area contributed by atoms with Crippen molar-refractivity contribution in [2.45, 2.75) is 31.7 Å². The number of carboxylic acids is 1. The summed E-state index contributed by atoms with van der Waals surface area (Å²) in [6, 6.07) is 10.7. The van der Waals surface area contributed by atoms with Gasteiger partial charge < -0.3 is 15.1 Å². The molecule has 1 aliphatic heterocycles. The number of hydrogen-bond donors (Lipinski definition) is 2. The van der Waals surface area contributed by atoms with Crippen molar-refractivity contribution in [3.63, 3.8) is 0 Å². The van der Waals surface area contributed by atoms with Crippen LogP contribution >= 0.6 is 11.6 Å². The number of nitrogens with zero attached hydrogens (tertiary/aromatic N) is 2. The van der Waals surface area contributed by atoms with Gasteiger partial charge in [-0.15, -0.1) is 0 Å². The van der Waals surface area contributed by atoms with Gasteiger partial charge in [-0.2, -0.15) is 0 Å². The lowest BCUT2D eigenvalue weighted by Gasteiger charge is -2.25. The van der Waals surface area contributed by atoms with E-state index in [4.69, 9.17) is 16.7 Å². The summed E-state index contributed by atoms with van der Waals surface area (Å²) in [6.45, 7) is 0.189. The molecule has 1 fully saturated rings. The first kappa shape index (κ1) is 23.9. The Morgan fingerprint density at radius 1 is 1.00 bits per heavy atom. The lowest BCUT2D eigenvalue weighted by molar-refractivity contribution is -0.384. The molecule has 1 aliphatic rings. The number of likely N-dealkylation sites (tertiary alicyclic amines) is 1. The van der Waals surface area contributed by atoms with E-state index in [2.05, 4.69) is 0 Å². The van der Waals surface area contributed by atoms with Crippen LogP contribution in [0.4, 0.5) is 5.69 Å². The molecule has 0 bridgehead atoms. The van der Waals surface area contributed by atoms with Gasteiger partial charge in [0, 0.05) is 35.7 Å².